The number of rotatable bonds is 12. The lowest BCUT2D eigenvalue weighted by Crippen LogP contribution is -2.33. The van der Waals surface area contributed by atoms with Gasteiger partial charge in [0.05, 0.1) is 30.3 Å². The molecule has 2 aromatic carbocycles. The minimum Gasteiger partial charge on any atom is -0.494 e. The Kier molecular flexibility index (Phi) is 9.86. The zero-order valence-electron chi connectivity index (χ0n) is 20.2. The number of nitrogens with one attached hydrogen (secondary N) is 1. The van der Waals surface area contributed by atoms with Crippen molar-refractivity contribution in [2.45, 2.75) is 26.9 Å². The van der Waals surface area contributed by atoms with Gasteiger partial charge in [0.1, 0.15) is 18.1 Å². The lowest BCUT2D eigenvalue weighted by Gasteiger charge is -2.15. The topological polar surface area (TPSA) is 86.8 Å². The molecule has 1 amide bonds. The first-order chi connectivity index (χ1) is 17.0. The number of aryl methyl sites for hydroxylation is 1. The molecule has 35 heavy (non-hydrogen) atoms. The van der Waals surface area contributed by atoms with Crippen LogP contribution in [0.1, 0.15) is 28.8 Å². The lowest BCUT2D eigenvalue weighted by molar-refractivity contribution is -0.145. The molecule has 3 aromatic rings. The molecule has 0 aliphatic heterocycles. The highest BCUT2D eigenvalue weighted by Gasteiger charge is 2.20. The lowest BCUT2D eigenvalue weighted by atomic mass is 9.99. The maximum absolute atomic E-state index is 12.5. The van der Waals surface area contributed by atoms with Crippen molar-refractivity contribution in [3.8, 4) is 11.5 Å². The van der Waals surface area contributed by atoms with Gasteiger partial charge in [0.2, 0.25) is 5.91 Å². The van der Waals surface area contributed by atoms with Crippen LogP contribution in [0.15, 0.2) is 60.0 Å². The monoisotopic (exact) mass is 494 g/mol. The molecule has 0 radical (unpaired) electrons. The molecule has 1 unspecified atom stereocenters. The SMILES string of the molecule is CCOc1ccc(CC(CNC(=O)C=Cc2ccccc2OCc2csc(C)n2)C(=O)OC)cc1. The zero-order valence-corrected chi connectivity index (χ0v) is 21.0. The van der Waals surface area contributed by atoms with E-state index in [0.717, 1.165) is 27.6 Å². The third-order valence-corrected chi connectivity index (χ3v) is 5.97. The van der Waals surface area contributed by atoms with Crippen molar-refractivity contribution in [1.82, 2.24) is 10.3 Å². The van der Waals surface area contributed by atoms with Gasteiger partial charge in [0.25, 0.3) is 0 Å². The van der Waals surface area contributed by atoms with Gasteiger partial charge in [-0.15, -0.1) is 11.3 Å². The summed E-state index contributed by atoms with van der Waals surface area (Å²) in [7, 11) is 1.35. The van der Waals surface area contributed by atoms with E-state index in [-0.39, 0.29) is 18.4 Å². The number of carbonyl (C=O) groups excluding carboxylic acids is 2. The molecule has 0 saturated carbocycles. The van der Waals surface area contributed by atoms with Crippen LogP contribution in [0, 0.1) is 12.8 Å². The number of esters is 1. The van der Waals surface area contributed by atoms with Crippen LogP contribution in [0.25, 0.3) is 6.08 Å². The second kappa shape index (κ2) is 13.3. The van der Waals surface area contributed by atoms with Crippen molar-refractivity contribution in [1.29, 1.82) is 0 Å². The first-order valence-electron chi connectivity index (χ1n) is 11.4. The molecule has 3 rings (SSSR count). The molecule has 0 fully saturated rings. The molecule has 0 spiro atoms. The average Bonchev–Trinajstić information content (AvgIpc) is 3.30. The summed E-state index contributed by atoms with van der Waals surface area (Å²) in [5.41, 5.74) is 2.59. The fourth-order valence-corrected chi connectivity index (χ4v) is 4.00. The number of thiazole rings is 1. The fourth-order valence-electron chi connectivity index (χ4n) is 3.40. The summed E-state index contributed by atoms with van der Waals surface area (Å²) in [6.45, 7) is 4.98. The molecule has 184 valence electrons. The zero-order chi connectivity index (χ0) is 25.0. The molecule has 8 heteroatoms. The smallest absolute Gasteiger partial charge is 0.310 e. The Morgan fingerprint density at radius 3 is 2.57 bits per heavy atom. The molecule has 1 N–H and O–H groups in total. The second-order valence-electron chi connectivity index (χ2n) is 7.76. The van der Waals surface area contributed by atoms with Crippen LogP contribution in [0.5, 0.6) is 11.5 Å². The molecule has 1 atom stereocenters. The molecule has 0 aliphatic carbocycles. The van der Waals surface area contributed by atoms with E-state index in [2.05, 4.69) is 10.3 Å². The summed E-state index contributed by atoms with van der Waals surface area (Å²) in [4.78, 5) is 29.2. The molecular formula is C27H30N2O5S. The first-order valence-corrected chi connectivity index (χ1v) is 12.2. The number of ether oxygens (including phenoxy) is 3. The number of hydrogen-bond acceptors (Lipinski definition) is 7. The van der Waals surface area contributed by atoms with E-state index in [1.807, 2.05) is 67.8 Å². The predicted octanol–water partition coefficient (Wildman–Crippen LogP) is 4.59. The van der Waals surface area contributed by atoms with Crippen molar-refractivity contribution in [2.75, 3.05) is 20.3 Å². The van der Waals surface area contributed by atoms with Crippen molar-refractivity contribution >= 4 is 29.3 Å². The van der Waals surface area contributed by atoms with Crippen molar-refractivity contribution in [3.05, 3.63) is 81.8 Å². The summed E-state index contributed by atoms with van der Waals surface area (Å²) in [5.74, 6) is 0.239. The van der Waals surface area contributed by atoms with E-state index < -0.39 is 5.92 Å². The van der Waals surface area contributed by atoms with Crippen LogP contribution in [0.2, 0.25) is 0 Å². The van der Waals surface area contributed by atoms with E-state index >= 15 is 0 Å². The van der Waals surface area contributed by atoms with E-state index in [1.165, 1.54) is 13.2 Å². The van der Waals surface area contributed by atoms with E-state index in [1.54, 1.807) is 17.4 Å². The second-order valence-corrected chi connectivity index (χ2v) is 8.83. The van der Waals surface area contributed by atoms with Crippen LogP contribution in [-0.4, -0.2) is 37.1 Å². The van der Waals surface area contributed by atoms with E-state index in [4.69, 9.17) is 14.2 Å². The van der Waals surface area contributed by atoms with Crippen LogP contribution in [0.4, 0.5) is 0 Å². The van der Waals surface area contributed by atoms with Crippen molar-refractivity contribution in [3.63, 3.8) is 0 Å². The van der Waals surface area contributed by atoms with Gasteiger partial charge in [-0.3, -0.25) is 9.59 Å². The van der Waals surface area contributed by atoms with Gasteiger partial charge in [-0.25, -0.2) is 4.98 Å². The Bertz CT molecular complexity index is 1140. The summed E-state index contributed by atoms with van der Waals surface area (Å²) in [5, 5.41) is 5.75. The average molecular weight is 495 g/mol. The van der Waals surface area contributed by atoms with Crippen LogP contribution in [-0.2, 0) is 27.4 Å². The number of aromatic nitrogens is 1. The quantitative estimate of drug-likeness (QED) is 0.293. The fraction of sp³-hybridized carbons (Fsp3) is 0.296. The highest BCUT2D eigenvalue weighted by atomic mass is 32.1. The molecular weight excluding hydrogens is 464 g/mol. The van der Waals surface area contributed by atoms with Gasteiger partial charge in [-0.05, 0) is 50.1 Å². The number of benzene rings is 2. The molecule has 1 aromatic heterocycles. The number of nitrogens with zero attached hydrogens (tertiary/aromatic N) is 1. The molecule has 0 bridgehead atoms. The maximum Gasteiger partial charge on any atom is 0.310 e. The van der Waals surface area contributed by atoms with Crippen LogP contribution in [0.3, 0.4) is 0 Å². The largest absolute Gasteiger partial charge is 0.494 e. The number of carbonyl (C=O) groups is 2. The summed E-state index contributed by atoms with van der Waals surface area (Å²) >= 11 is 1.58. The Morgan fingerprint density at radius 2 is 1.89 bits per heavy atom. The third kappa shape index (κ3) is 8.26. The van der Waals surface area contributed by atoms with Gasteiger partial charge >= 0.3 is 5.97 Å². The van der Waals surface area contributed by atoms with Gasteiger partial charge in [0, 0.05) is 23.6 Å². The summed E-state index contributed by atoms with van der Waals surface area (Å²) in [6, 6.07) is 15.0. The standard InChI is InChI=1S/C27H30N2O5S/c1-4-33-24-12-9-20(10-13-24)15-22(27(31)32-3)16-28-26(30)14-11-21-7-5-6-8-25(21)34-17-23-18-35-19(2)29-23/h5-14,18,22H,4,15-17H2,1-3H3,(H,28,30). The Hall–Kier alpha value is -3.65. The predicted molar refractivity (Wildman–Crippen MR) is 136 cm³/mol. The Morgan fingerprint density at radius 1 is 1.11 bits per heavy atom. The highest BCUT2D eigenvalue weighted by molar-refractivity contribution is 7.09. The van der Waals surface area contributed by atoms with E-state index in [0.29, 0.717) is 25.4 Å². The van der Waals surface area contributed by atoms with E-state index in [9.17, 15) is 9.59 Å². The molecule has 7 nitrogen and oxygen atoms in total. The van der Waals surface area contributed by atoms with Gasteiger partial charge in [-0.2, -0.15) is 0 Å². The minimum absolute atomic E-state index is 0.157. The number of para-hydroxylation sites is 1. The first kappa shape index (κ1) is 26.0. The van der Waals surface area contributed by atoms with Crippen molar-refractivity contribution < 1.29 is 23.8 Å². The Balaban J connectivity index is 1.57. The maximum atomic E-state index is 12.5. The van der Waals surface area contributed by atoms with Crippen LogP contribution >= 0.6 is 11.3 Å². The normalized spacial score (nSPS) is 11.7. The summed E-state index contributed by atoms with van der Waals surface area (Å²) in [6.07, 6.45) is 3.56. The Labute approximate surface area is 209 Å². The van der Waals surface area contributed by atoms with Crippen LogP contribution < -0.4 is 14.8 Å². The number of methoxy groups -OCH3 is 1. The summed E-state index contributed by atoms with van der Waals surface area (Å²) < 4.78 is 16.3. The van der Waals surface area contributed by atoms with Crippen molar-refractivity contribution in [2.24, 2.45) is 5.92 Å². The van der Waals surface area contributed by atoms with Gasteiger partial charge in [-0.1, -0.05) is 30.3 Å². The minimum atomic E-state index is -0.507. The molecule has 0 aliphatic rings. The number of hydrogen-bond donors (Lipinski definition) is 1. The van der Waals surface area contributed by atoms with Gasteiger partial charge in [0.15, 0.2) is 0 Å². The molecule has 1 heterocycles. The highest BCUT2D eigenvalue weighted by Crippen LogP contribution is 2.21. The third-order valence-electron chi connectivity index (χ3n) is 5.15. The van der Waals surface area contributed by atoms with Gasteiger partial charge < -0.3 is 19.5 Å². The molecule has 0 saturated heterocycles. The number of amides is 1.